The predicted octanol–water partition coefficient (Wildman–Crippen LogP) is 3.85. The lowest BCUT2D eigenvalue weighted by atomic mass is 10.2. The van der Waals surface area contributed by atoms with Crippen LogP contribution in [-0.4, -0.2) is 48.2 Å². The van der Waals surface area contributed by atoms with Crippen molar-refractivity contribution < 1.29 is 18.7 Å². The number of nitrogens with zero attached hydrogens (tertiary/aromatic N) is 2. The summed E-state index contributed by atoms with van der Waals surface area (Å²) in [4.78, 5) is 18.0. The molecular formula is C19H17Cl2FN2O3. The summed E-state index contributed by atoms with van der Waals surface area (Å²) in [5.74, 6) is -0.268. The van der Waals surface area contributed by atoms with Gasteiger partial charge in [0, 0.05) is 24.4 Å². The molecule has 0 aliphatic carbocycles. The van der Waals surface area contributed by atoms with Gasteiger partial charge in [-0.2, -0.15) is 0 Å². The van der Waals surface area contributed by atoms with Gasteiger partial charge in [0.1, 0.15) is 18.5 Å². The van der Waals surface area contributed by atoms with E-state index in [0.29, 0.717) is 25.4 Å². The molecule has 2 heterocycles. The number of hydrogen-bond donors (Lipinski definition) is 0. The molecule has 5 nitrogen and oxygen atoms in total. The van der Waals surface area contributed by atoms with E-state index in [2.05, 4.69) is 4.98 Å². The lowest BCUT2D eigenvalue weighted by Crippen LogP contribution is -2.47. The molecule has 8 heteroatoms. The highest BCUT2D eigenvalue weighted by Gasteiger charge is 2.24. The number of amides is 1. The molecule has 1 saturated heterocycles. The number of carbonyl (C=O) groups excluding carboxylic acids is 1. The van der Waals surface area contributed by atoms with Crippen LogP contribution in [0.1, 0.15) is 5.56 Å². The van der Waals surface area contributed by atoms with E-state index in [0.717, 1.165) is 0 Å². The van der Waals surface area contributed by atoms with Gasteiger partial charge in [-0.1, -0.05) is 29.3 Å². The van der Waals surface area contributed by atoms with Crippen molar-refractivity contribution in [3.63, 3.8) is 0 Å². The smallest absolute Gasteiger partial charge is 0.246 e. The number of morpholine rings is 1. The Morgan fingerprint density at radius 2 is 2.22 bits per heavy atom. The Hall–Kier alpha value is -2.15. The number of benzene rings is 1. The first kappa shape index (κ1) is 19.6. The Morgan fingerprint density at radius 3 is 3.00 bits per heavy atom. The minimum Gasteiger partial charge on any atom is -0.488 e. The van der Waals surface area contributed by atoms with Crippen LogP contribution in [0.25, 0.3) is 6.08 Å². The Bertz CT molecular complexity index is 827. The minimum absolute atomic E-state index is 0.187. The maximum absolute atomic E-state index is 13.8. The SMILES string of the molecule is O=C(C=Cc1c(F)cccc1Cl)N1CCOC(COc2cccnc2Cl)C1. The van der Waals surface area contributed by atoms with Gasteiger partial charge in [0.15, 0.2) is 10.9 Å². The van der Waals surface area contributed by atoms with Gasteiger partial charge in [-0.3, -0.25) is 4.79 Å². The molecule has 0 bridgehead atoms. The molecule has 1 amide bonds. The fraction of sp³-hybridized carbons (Fsp3) is 0.263. The van der Waals surface area contributed by atoms with E-state index in [1.165, 1.54) is 24.3 Å². The second kappa shape index (κ2) is 9.17. The van der Waals surface area contributed by atoms with Crippen molar-refractivity contribution in [1.82, 2.24) is 9.88 Å². The zero-order valence-electron chi connectivity index (χ0n) is 14.3. The largest absolute Gasteiger partial charge is 0.488 e. The van der Waals surface area contributed by atoms with Crippen LogP contribution in [0.15, 0.2) is 42.6 Å². The summed E-state index contributed by atoms with van der Waals surface area (Å²) in [6.45, 7) is 1.41. The number of carbonyl (C=O) groups is 1. The maximum Gasteiger partial charge on any atom is 0.246 e. The standard InChI is InChI=1S/C19H17Cl2FN2O3/c20-15-3-1-4-16(22)14(15)6-7-18(25)24-9-10-26-13(11-24)12-27-17-5-2-8-23-19(17)21/h1-8,13H,9-12H2. The van der Waals surface area contributed by atoms with Crippen LogP contribution in [0.4, 0.5) is 4.39 Å². The molecule has 0 saturated carbocycles. The summed E-state index contributed by atoms with van der Waals surface area (Å²) in [6, 6.07) is 7.81. The average molecular weight is 411 g/mol. The first-order chi connectivity index (χ1) is 13.0. The second-order valence-electron chi connectivity index (χ2n) is 5.85. The van der Waals surface area contributed by atoms with Crippen LogP contribution >= 0.6 is 23.2 Å². The lowest BCUT2D eigenvalue weighted by molar-refractivity contribution is -0.134. The van der Waals surface area contributed by atoms with Crippen molar-refractivity contribution >= 4 is 35.2 Å². The summed E-state index contributed by atoms with van der Waals surface area (Å²) in [7, 11) is 0. The van der Waals surface area contributed by atoms with Gasteiger partial charge in [0.25, 0.3) is 0 Å². The van der Waals surface area contributed by atoms with Gasteiger partial charge in [0.05, 0.1) is 18.2 Å². The van der Waals surface area contributed by atoms with Crippen LogP contribution in [0.2, 0.25) is 10.2 Å². The van der Waals surface area contributed by atoms with Gasteiger partial charge in [-0.15, -0.1) is 0 Å². The topological polar surface area (TPSA) is 51.7 Å². The van der Waals surface area contributed by atoms with Crippen molar-refractivity contribution in [2.75, 3.05) is 26.3 Å². The predicted molar refractivity (Wildman–Crippen MR) is 102 cm³/mol. The molecule has 27 heavy (non-hydrogen) atoms. The van der Waals surface area contributed by atoms with E-state index in [1.807, 2.05) is 0 Å². The number of hydrogen-bond acceptors (Lipinski definition) is 4. The number of rotatable bonds is 5. The van der Waals surface area contributed by atoms with Crippen molar-refractivity contribution in [3.8, 4) is 5.75 Å². The number of aromatic nitrogens is 1. The normalized spacial score (nSPS) is 17.3. The first-order valence-corrected chi connectivity index (χ1v) is 9.06. The van der Waals surface area contributed by atoms with Crippen LogP contribution in [0.3, 0.4) is 0 Å². The van der Waals surface area contributed by atoms with E-state index in [-0.39, 0.29) is 34.4 Å². The lowest BCUT2D eigenvalue weighted by Gasteiger charge is -2.32. The summed E-state index contributed by atoms with van der Waals surface area (Å²) >= 11 is 11.9. The molecule has 1 unspecified atom stereocenters. The van der Waals surface area contributed by atoms with Crippen molar-refractivity contribution in [2.24, 2.45) is 0 Å². The summed E-state index contributed by atoms with van der Waals surface area (Å²) in [6.07, 6.45) is 3.97. The molecule has 0 spiro atoms. The van der Waals surface area contributed by atoms with Gasteiger partial charge in [-0.05, 0) is 30.3 Å². The third-order valence-electron chi connectivity index (χ3n) is 3.99. The molecule has 3 rings (SSSR count). The fourth-order valence-corrected chi connectivity index (χ4v) is 3.01. The Labute approximate surface area is 166 Å². The molecule has 1 aliphatic heterocycles. The summed E-state index contributed by atoms with van der Waals surface area (Å²) < 4.78 is 25.0. The quantitative estimate of drug-likeness (QED) is 0.554. The van der Waals surface area contributed by atoms with Crippen LogP contribution < -0.4 is 4.74 Å². The van der Waals surface area contributed by atoms with Crippen molar-refractivity contribution in [3.05, 3.63) is 64.2 Å². The third-order valence-corrected chi connectivity index (χ3v) is 4.61. The maximum atomic E-state index is 13.8. The average Bonchev–Trinajstić information content (AvgIpc) is 2.67. The van der Waals surface area contributed by atoms with Crippen LogP contribution in [0.5, 0.6) is 5.75 Å². The van der Waals surface area contributed by atoms with E-state index < -0.39 is 5.82 Å². The molecule has 142 valence electrons. The highest BCUT2D eigenvalue weighted by atomic mass is 35.5. The number of ether oxygens (including phenoxy) is 2. The van der Waals surface area contributed by atoms with E-state index >= 15 is 0 Å². The fourth-order valence-electron chi connectivity index (χ4n) is 2.61. The number of halogens is 3. The zero-order chi connectivity index (χ0) is 19.2. The van der Waals surface area contributed by atoms with Gasteiger partial charge in [0.2, 0.25) is 5.91 Å². The molecule has 1 fully saturated rings. The van der Waals surface area contributed by atoms with Crippen LogP contribution in [0, 0.1) is 5.82 Å². The third kappa shape index (κ3) is 5.19. The second-order valence-corrected chi connectivity index (χ2v) is 6.61. The molecule has 2 aromatic rings. The summed E-state index contributed by atoms with van der Waals surface area (Å²) in [5.41, 5.74) is 0.187. The minimum atomic E-state index is -0.479. The molecular weight excluding hydrogens is 394 g/mol. The highest BCUT2D eigenvalue weighted by Crippen LogP contribution is 2.22. The van der Waals surface area contributed by atoms with Crippen LogP contribution in [-0.2, 0) is 9.53 Å². The highest BCUT2D eigenvalue weighted by molar-refractivity contribution is 6.32. The van der Waals surface area contributed by atoms with Crippen molar-refractivity contribution in [1.29, 1.82) is 0 Å². The monoisotopic (exact) mass is 410 g/mol. The molecule has 1 atom stereocenters. The molecule has 0 N–H and O–H groups in total. The number of pyridine rings is 1. The van der Waals surface area contributed by atoms with Gasteiger partial charge >= 0.3 is 0 Å². The molecule has 0 radical (unpaired) electrons. The molecule has 1 aromatic carbocycles. The van der Waals surface area contributed by atoms with E-state index in [1.54, 1.807) is 29.3 Å². The Kier molecular flexibility index (Phi) is 6.66. The zero-order valence-corrected chi connectivity index (χ0v) is 15.8. The first-order valence-electron chi connectivity index (χ1n) is 8.30. The van der Waals surface area contributed by atoms with Gasteiger partial charge in [-0.25, -0.2) is 9.37 Å². The van der Waals surface area contributed by atoms with Gasteiger partial charge < -0.3 is 14.4 Å². The Morgan fingerprint density at radius 1 is 1.37 bits per heavy atom. The van der Waals surface area contributed by atoms with E-state index in [9.17, 15) is 9.18 Å². The Balaban J connectivity index is 1.58. The summed E-state index contributed by atoms with van der Waals surface area (Å²) in [5, 5.41) is 0.520. The molecule has 1 aliphatic rings. The van der Waals surface area contributed by atoms with Crippen molar-refractivity contribution in [2.45, 2.75) is 6.10 Å². The molecule has 1 aromatic heterocycles. The van der Waals surface area contributed by atoms with E-state index in [4.69, 9.17) is 32.7 Å².